The molecule has 100 valence electrons. The first-order valence-corrected chi connectivity index (χ1v) is 6.33. The second-order valence-corrected chi connectivity index (χ2v) is 4.74. The number of rotatable bonds is 5. The Labute approximate surface area is 112 Å². The number of amides is 1. The Morgan fingerprint density at radius 1 is 1.44 bits per heavy atom. The molecule has 0 aliphatic heterocycles. The topological polar surface area (TPSA) is 41.1 Å². The maximum absolute atomic E-state index is 13.5. The Morgan fingerprint density at radius 2 is 2.11 bits per heavy atom. The molecule has 0 heterocycles. The largest absolute Gasteiger partial charge is 0.371 e. The molecule has 3 nitrogen and oxygen atoms in total. The van der Waals surface area contributed by atoms with Gasteiger partial charge in [0.25, 0.3) is 0 Å². The molecule has 2 N–H and O–H groups in total. The van der Waals surface area contributed by atoms with Gasteiger partial charge in [-0.25, -0.2) is 4.39 Å². The Morgan fingerprint density at radius 3 is 2.72 bits per heavy atom. The SMILES string of the molecule is CCC(C)NC(=O)C(C)Nc1cc(Cl)ccc1F. The Kier molecular flexibility index (Phi) is 5.41. The van der Waals surface area contributed by atoms with Crippen molar-refractivity contribution in [3.63, 3.8) is 0 Å². The van der Waals surface area contributed by atoms with Gasteiger partial charge in [-0.2, -0.15) is 0 Å². The first-order valence-electron chi connectivity index (χ1n) is 5.96. The fourth-order valence-electron chi connectivity index (χ4n) is 1.38. The highest BCUT2D eigenvalue weighted by molar-refractivity contribution is 6.30. The summed E-state index contributed by atoms with van der Waals surface area (Å²) in [4.78, 5) is 11.8. The first-order chi connectivity index (χ1) is 8.43. The summed E-state index contributed by atoms with van der Waals surface area (Å²) in [5.74, 6) is -0.591. The molecule has 0 aliphatic rings. The van der Waals surface area contributed by atoms with Crippen molar-refractivity contribution in [2.45, 2.75) is 39.3 Å². The van der Waals surface area contributed by atoms with E-state index in [0.717, 1.165) is 6.42 Å². The van der Waals surface area contributed by atoms with Gasteiger partial charge >= 0.3 is 0 Å². The highest BCUT2D eigenvalue weighted by Gasteiger charge is 2.15. The average molecular weight is 273 g/mol. The summed E-state index contributed by atoms with van der Waals surface area (Å²) < 4.78 is 13.5. The summed E-state index contributed by atoms with van der Waals surface area (Å²) >= 11 is 5.78. The van der Waals surface area contributed by atoms with Gasteiger partial charge in [0.1, 0.15) is 11.9 Å². The summed E-state index contributed by atoms with van der Waals surface area (Å²) in [6.45, 7) is 5.59. The van der Waals surface area contributed by atoms with Crippen LogP contribution in [0.1, 0.15) is 27.2 Å². The van der Waals surface area contributed by atoms with E-state index in [4.69, 9.17) is 11.6 Å². The average Bonchev–Trinajstić information content (AvgIpc) is 2.33. The van der Waals surface area contributed by atoms with Crippen LogP contribution in [0.5, 0.6) is 0 Å². The van der Waals surface area contributed by atoms with E-state index in [-0.39, 0.29) is 17.6 Å². The van der Waals surface area contributed by atoms with Crippen molar-refractivity contribution in [2.24, 2.45) is 0 Å². The lowest BCUT2D eigenvalue weighted by molar-refractivity contribution is -0.122. The number of carbonyl (C=O) groups excluding carboxylic acids is 1. The predicted molar refractivity (Wildman–Crippen MR) is 72.4 cm³/mol. The number of anilines is 1. The molecule has 0 saturated heterocycles. The summed E-state index contributed by atoms with van der Waals surface area (Å²) in [6, 6.07) is 3.78. The number of hydrogen-bond donors (Lipinski definition) is 2. The van der Waals surface area contributed by atoms with Crippen molar-refractivity contribution < 1.29 is 9.18 Å². The van der Waals surface area contributed by atoms with Crippen molar-refractivity contribution in [1.82, 2.24) is 5.32 Å². The van der Waals surface area contributed by atoms with Gasteiger partial charge in [-0.05, 0) is 38.5 Å². The van der Waals surface area contributed by atoms with Crippen LogP contribution in [0.15, 0.2) is 18.2 Å². The third-order valence-electron chi connectivity index (χ3n) is 2.69. The van der Waals surface area contributed by atoms with E-state index in [1.807, 2.05) is 13.8 Å². The molecular weight excluding hydrogens is 255 g/mol. The molecule has 0 fully saturated rings. The molecule has 1 aromatic carbocycles. The van der Waals surface area contributed by atoms with Gasteiger partial charge in [0.2, 0.25) is 5.91 Å². The smallest absolute Gasteiger partial charge is 0.242 e. The zero-order chi connectivity index (χ0) is 13.7. The minimum absolute atomic E-state index is 0.103. The van der Waals surface area contributed by atoms with E-state index in [1.54, 1.807) is 6.92 Å². The van der Waals surface area contributed by atoms with Gasteiger partial charge < -0.3 is 10.6 Å². The van der Waals surface area contributed by atoms with Crippen LogP contribution < -0.4 is 10.6 Å². The van der Waals surface area contributed by atoms with Crippen LogP contribution in [0.25, 0.3) is 0 Å². The zero-order valence-electron chi connectivity index (χ0n) is 10.8. The van der Waals surface area contributed by atoms with Gasteiger partial charge in [0, 0.05) is 11.1 Å². The van der Waals surface area contributed by atoms with E-state index in [2.05, 4.69) is 10.6 Å². The summed E-state index contributed by atoms with van der Waals surface area (Å²) in [5.41, 5.74) is 0.231. The molecule has 1 aromatic rings. The molecule has 2 atom stereocenters. The highest BCUT2D eigenvalue weighted by atomic mass is 35.5. The van der Waals surface area contributed by atoms with Crippen molar-refractivity contribution >= 4 is 23.2 Å². The Balaban J connectivity index is 2.66. The van der Waals surface area contributed by atoms with Crippen LogP contribution in [0.3, 0.4) is 0 Å². The number of halogens is 2. The molecule has 1 rings (SSSR count). The van der Waals surface area contributed by atoms with Crippen molar-refractivity contribution in [2.75, 3.05) is 5.32 Å². The molecule has 0 spiro atoms. The third kappa shape index (κ3) is 4.18. The number of nitrogens with one attached hydrogen (secondary N) is 2. The van der Waals surface area contributed by atoms with Crippen LogP contribution in [0.4, 0.5) is 10.1 Å². The molecule has 0 radical (unpaired) electrons. The third-order valence-corrected chi connectivity index (χ3v) is 2.93. The molecule has 0 saturated carbocycles. The van der Waals surface area contributed by atoms with Crippen LogP contribution in [0.2, 0.25) is 5.02 Å². The van der Waals surface area contributed by atoms with Crippen LogP contribution in [-0.2, 0) is 4.79 Å². The normalized spacial score (nSPS) is 13.8. The number of hydrogen-bond acceptors (Lipinski definition) is 2. The molecule has 18 heavy (non-hydrogen) atoms. The van der Waals surface area contributed by atoms with E-state index in [0.29, 0.717) is 5.02 Å². The highest BCUT2D eigenvalue weighted by Crippen LogP contribution is 2.20. The van der Waals surface area contributed by atoms with Crippen LogP contribution >= 0.6 is 11.6 Å². The second kappa shape index (κ2) is 6.59. The summed E-state index contributed by atoms with van der Waals surface area (Å²) in [5, 5.41) is 6.06. The van der Waals surface area contributed by atoms with E-state index in [1.165, 1.54) is 18.2 Å². The first kappa shape index (κ1) is 14.8. The lowest BCUT2D eigenvalue weighted by Crippen LogP contribution is -2.42. The van der Waals surface area contributed by atoms with E-state index in [9.17, 15) is 9.18 Å². The van der Waals surface area contributed by atoms with E-state index < -0.39 is 11.9 Å². The van der Waals surface area contributed by atoms with Crippen molar-refractivity contribution in [3.05, 3.63) is 29.0 Å². The summed E-state index contributed by atoms with van der Waals surface area (Å²) in [6.07, 6.45) is 0.851. The van der Waals surface area contributed by atoms with Gasteiger partial charge in [-0.15, -0.1) is 0 Å². The summed E-state index contributed by atoms with van der Waals surface area (Å²) in [7, 11) is 0. The minimum Gasteiger partial charge on any atom is -0.371 e. The van der Waals surface area contributed by atoms with Gasteiger partial charge in [0.15, 0.2) is 0 Å². The maximum Gasteiger partial charge on any atom is 0.242 e. The lowest BCUT2D eigenvalue weighted by atomic mass is 10.2. The monoisotopic (exact) mass is 272 g/mol. The molecular formula is C13H18ClFN2O. The fourth-order valence-corrected chi connectivity index (χ4v) is 1.55. The molecule has 0 aromatic heterocycles. The standard InChI is InChI=1S/C13H18ClFN2O/c1-4-8(2)16-13(18)9(3)17-12-7-10(14)5-6-11(12)15/h5-9,17H,4H2,1-3H3,(H,16,18). The minimum atomic E-state index is -0.521. The maximum atomic E-state index is 13.5. The zero-order valence-corrected chi connectivity index (χ0v) is 11.5. The molecule has 1 amide bonds. The quantitative estimate of drug-likeness (QED) is 0.864. The van der Waals surface area contributed by atoms with Crippen LogP contribution in [-0.4, -0.2) is 18.0 Å². The van der Waals surface area contributed by atoms with Gasteiger partial charge in [-0.1, -0.05) is 18.5 Å². The van der Waals surface area contributed by atoms with E-state index >= 15 is 0 Å². The van der Waals surface area contributed by atoms with Gasteiger partial charge in [-0.3, -0.25) is 4.79 Å². The molecule has 5 heteroatoms. The fraction of sp³-hybridized carbons (Fsp3) is 0.462. The van der Waals surface area contributed by atoms with Crippen molar-refractivity contribution in [3.8, 4) is 0 Å². The number of carbonyl (C=O) groups is 1. The Bertz CT molecular complexity index is 425. The van der Waals surface area contributed by atoms with Crippen molar-refractivity contribution in [1.29, 1.82) is 0 Å². The second-order valence-electron chi connectivity index (χ2n) is 4.31. The van der Waals surface area contributed by atoms with Gasteiger partial charge in [0.05, 0.1) is 5.69 Å². The Hall–Kier alpha value is -1.29. The molecule has 0 aliphatic carbocycles. The molecule has 2 unspecified atom stereocenters. The molecule has 0 bridgehead atoms. The predicted octanol–water partition coefficient (Wildman–Crippen LogP) is 3.19. The number of benzene rings is 1. The van der Waals surface area contributed by atoms with Crippen LogP contribution in [0, 0.1) is 5.82 Å². The lowest BCUT2D eigenvalue weighted by Gasteiger charge is -2.18.